The molecule has 0 atom stereocenters. The molecule has 6 nitrogen and oxygen atoms in total. The minimum absolute atomic E-state index is 0.0674. The van der Waals surface area contributed by atoms with E-state index in [2.05, 4.69) is 5.10 Å². The van der Waals surface area contributed by atoms with E-state index in [1.165, 1.54) is 10.9 Å². The summed E-state index contributed by atoms with van der Waals surface area (Å²) >= 11 is 0. The van der Waals surface area contributed by atoms with Crippen LogP contribution < -0.4 is 0 Å². The predicted octanol–water partition coefficient (Wildman–Crippen LogP) is 1.60. The fraction of sp³-hybridized carbons (Fsp3) is 0.286. The van der Waals surface area contributed by atoms with Crippen molar-refractivity contribution in [3.63, 3.8) is 0 Å². The summed E-state index contributed by atoms with van der Waals surface area (Å²) in [5.74, 6) is -1.17. The summed E-state index contributed by atoms with van der Waals surface area (Å²) in [4.78, 5) is 11.3. The third-order valence-electron chi connectivity index (χ3n) is 3.08. The Kier molecular flexibility index (Phi) is 4.13. The molecule has 0 unspecified atom stereocenters. The zero-order chi connectivity index (χ0) is 15.6. The van der Waals surface area contributed by atoms with Gasteiger partial charge in [-0.1, -0.05) is 24.3 Å². The van der Waals surface area contributed by atoms with Crippen molar-refractivity contribution in [2.75, 3.05) is 12.0 Å². The number of sulfone groups is 1. The molecule has 112 valence electrons. The number of benzene rings is 1. The molecule has 0 aliphatic heterocycles. The van der Waals surface area contributed by atoms with Crippen molar-refractivity contribution in [3.8, 4) is 11.3 Å². The molecule has 1 aromatic heterocycles. The Labute approximate surface area is 123 Å². The number of carboxylic acids is 1. The van der Waals surface area contributed by atoms with Gasteiger partial charge >= 0.3 is 5.97 Å². The van der Waals surface area contributed by atoms with Crippen LogP contribution in [0.1, 0.15) is 15.9 Å². The average molecular weight is 308 g/mol. The molecule has 0 spiro atoms. The number of aromatic nitrogens is 2. The van der Waals surface area contributed by atoms with Gasteiger partial charge in [-0.15, -0.1) is 0 Å². The zero-order valence-electron chi connectivity index (χ0n) is 11.8. The number of nitrogens with zero attached hydrogens (tertiary/aromatic N) is 2. The van der Waals surface area contributed by atoms with Gasteiger partial charge in [0.05, 0.1) is 12.3 Å². The number of hydrogen-bond acceptors (Lipinski definition) is 4. The number of rotatable bonds is 5. The van der Waals surface area contributed by atoms with Crippen molar-refractivity contribution >= 4 is 15.8 Å². The van der Waals surface area contributed by atoms with Crippen LogP contribution in [0.5, 0.6) is 0 Å². The number of carboxylic acid groups (broad SMARTS) is 1. The Bertz CT molecular complexity index is 778. The van der Waals surface area contributed by atoms with Gasteiger partial charge in [0.1, 0.15) is 21.1 Å². The van der Waals surface area contributed by atoms with E-state index in [1.54, 1.807) is 6.07 Å². The van der Waals surface area contributed by atoms with Gasteiger partial charge in [-0.25, -0.2) is 13.2 Å². The predicted molar refractivity (Wildman–Crippen MR) is 79.1 cm³/mol. The van der Waals surface area contributed by atoms with Gasteiger partial charge in [0.15, 0.2) is 0 Å². The lowest BCUT2D eigenvalue weighted by atomic mass is 10.0. The normalized spacial score (nSPS) is 11.5. The maximum atomic E-state index is 11.3. The first-order valence-corrected chi connectivity index (χ1v) is 8.38. The molecule has 0 saturated heterocycles. The molecule has 0 radical (unpaired) electrons. The molecular weight excluding hydrogens is 292 g/mol. The Morgan fingerprint density at radius 1 is 1.33 bits per heavy atom. The molecule has 0 aliphatic rings. The topological polar surface area (TPSA) is 89.3 Å². The molecular formula is C14H16N2O4S. The zero-order valence-corrected chi connectivity index (χ0v) is 12.6. The summed E-state index contributed by atoms with van der Waals surface area (Å²) in [5, 5.41) is 13.5. The second-order valence-corrected chi connectivity index (χ2v) is 7.16. The Morgan fingerprint density at radius 3 is 2.57 bits per heavy atom. The van der Waals surface area contributed by atoms with Gasteiger partial charge in [0.2, 0.25) is 0 Å². The first-order valence-electron chi connectivity index (χ1n) is 6.32. The molecule has 1 aromatic carbocycles. The van der Waals surface area contributed by atoms with Gasteiger partial charge in [-0.3, -0.25) is 4.68 Å². The second kappa shape index (κ2) is 5.69. The number of carbonyl (C=O) groups is 1. The fourth-order valence-corrected chi connectivity index (χ4v) is 2.51. The van der Waals surface area contributed by atoms with Crippen LogP contribution in [0.2, 0.25) is 0 Å². The summed E-state index contributed by atoms with van der Waals surface area (Å²) in [5.41, 5.74) is 2.06. The van der Waals surface area contributed by atoms with E-state index in [0.29, 0.717) is 5.69 Å². The number of aryl methyl sites for hydroxylation is 2. The molecule has 21 heavy (non-hydrogen) atoms. The van der Waals surface area contributed by atoms with E-state index in [4.69, 9.17) is 0 Å². The average Bonchev–Trinajstić information content (AvgIpc) is 2.80. The van der Waals surface area contributed by atoms with Crippen LogP contribution in [0.15, 0.2) is 30.5 Å². The first kappa shape index (κ1) is 15.2. The van der Waals surface area contributed by atoms with Crippen LogP contribution in [-0.2, 0) is 16.4 Å². The van der Waals surface area contributed by atoms with Crippen LogP contribution in [0, 0.1) is 6.92 Å². The van der Waals surface area contributed by atoms with Gasteiger partial charge in [0.25, 0.3) is 0 Å². The summed E-state index contributed by atoms with van der Waals surface area (Å²) in [6.07, 6.45) is 2.51. The fourth-order valence-electron chi connectivity index (χ4n) is 1.99. The minimum Gasteiger partial charge on any atom is -0.478 e. The highest BCUT2D eigenvalue weighted by Crippen LogP contribution is 2.25. The Balaban J connectivity index is 2.44. The van der Waals surface area contributed by atoms with Crippen LogP contribution in [0.4, 0.5) is 0 Å². The van der Waals surface area contributed by atoms with E-state index in [0.717, 1.165) is 17.4 Å². The van der Waals surface area contributed by atoms with E-state index >= 15 is 0 Å². The van der Waals surface area contributed by atoms with Gasteiger partial charge in [-0.2, -0.15) is 5.10 Å². The van der Waals surface area contributed by atoms with Gasteiger partial charge in [0, 0.05) is 18.0 Å². The van der Waals surface area contributed by atoms with Crippen LogP contribution in [0.3, 0.4) is 0 Å². The highest BCUT2D eigenvalue weighted by Gasteiger charge is 2.18. The lowest BCUT2D eigenvalue weighted by Crippen LogP contribution is -2.11. The molecule has 7 heteroatoms. The van der Waals surface area contributed by atoms with Crippen molar-refractivity contribution in [3.05, 3.63) is 41.6 Å². The SMILES string of the molecule is Cc1ccccc1-c1nn(CCS(C)(=O)=O)cc1C(=O)O. The van der Waals surface area contributed by atoms with E-state index in [1.807, 2.05) is 25.1 Å². The maximum absolute atomic E-state index is 11.3. The molecule has 0 fully saturated rings. The van der Waals surface area contributed by atoms with Crippen LogP contribution in [-0.4, -0.2) is 41.3 Å². The summed E-state index contributed by atoms with van der Waals surface area (Å²) in [7, 11) is -3.13. The third-order valence-corrected chi connectivity index (χ3v) is 4.01. The van der Waals surface area contributed by atoms with Crippen molar-refractivity contribution in [2.45, 2.75) is 13.5 Å². The molecule has 1 N–H and O–H groups in total. The van der Waals surface area contributed by atoms with Crippen molar-refractivity contribution in [2.24, 2.45) is 0 Å². The molecule has 0 amide bonds. The smallest absolute Gasteiger partial charge is 0.339 e. The molecule has 2 aromatic rings. The standard InChI is InChI=1S/C14H16N2O4S/c1-10-5-3-4-6-11(10)13-12(14(17)18)9-16(15-13)7-8-21(2,19)20/h3-6,9H,7-8H2,1-2H3,(H,17,18). The van der Waals surface area contributed by atoms with E-state index in [9.17, 15) is 18.3 Å². The third kappa shape index (κ3) is 3.69. The van der Waals surface area contributed by atoms with Crippen LogP contribution >= 0.6 is 0 Å². The molecule has 2 rings (SSSR count). The summed E-state index contributed by atoms with van der Waals surface area (Å²) in [6, 6.07) is 7.34. The lowest BCUT2D eigenvalue weighted by molar-refractivity contribution is 0.0697. The van der Waals surface area contributed by atoms with E-state index in [-0.39, 0.29) is 17.9 Å². The van der Waals surface area contributed by atoms with Gasteiger partial charge in [-0.05, 0) is 12.5 Å². The minimum atomic E-state index is -3.13. The molecule has 0 saturated carbocycles. The van der Waals surface area contributed by atoms with E-state index < -0.39 is 15.8 Å². The van der Waals surface area contributed by atoms with Crippen molar-refractivity contribution in [1.29, 1.82) is 0 Å². The molecule has 1 heterocycles. The summed E-state index contributed by atoms with van der Waals surface area (Å²) < 4.78 is 23.8. The number of aromatic carboxylic acids is 1. The lowest BCUT2D eigenvalue weighted by Gasteiger charge is -2.03. The quantitative estimate of drug-likeness (QED) is 0.906. The Hall–Kier alpha value is -2.15. The summed E-state index contributed by atoms with van der Waals surface area (Å²) in [6.45, 7) is 2.00. The van der Waals surface area contributed by atoms with Crippen molar-refractivity contribution in [1.82, 2.24) is 9.78 Å². The highest BCUT2D eigenvalue weighted by molar-refractivity contribution is 7.90. The second-order valence-electron chi connectivity index (χ2n) is 4.90. The highest BCUT2D eigenvalue weighted by atomic mass is 32.2. The molecule has 0 bridgehead atoms. The largest absolute Gasteiger partial charge is 0.478 e. The van der Waals surface area contributed by atoms with Crippen molar-refractivity contribution < 1.29 is 18.3 Å². The Morgan fingerprint density at radius 2 is 2.00 bits per heavy atom. The monoisotopic (exact) mass is 308 g/mol. The first-order chi connectivity index (χ1) is 9.78. The van der Waals surface area contributed by atoms with Gasteiger partial charge < -0.3 is 5.11 Å². The number of hydrogen-bond donors (Lipinski definition) is 1. The molecule has 0 aliphatic carbocycles. The van der Waals surface area contributed by atoms with Crippen LogP contribution in [0.25, 0.3) is 11.3 Å². The maximum Gasteiger partial charge on any atom is 0.339 e.